The molecule has 0 atom stereocenters. The number of aromatic nitrogens is 3. The number of hydrogen-bond acceptors (Lipinski definition) is 6. The van der Waals surface area contributed by atoms with E-state index in [1.807, 2.05) is 6.92 Å². The number of ether oxygens (including phenoxy) is 1. The molecule has 6 nitrogen and oxygen atoms in total. The Morgan fingerprint density at radius 1 is 1.30 bits per heavy atom. The van der Waals surface area contributed by atoms with Gasteiger partial charge in [-0.15, -0.1) is 0 Å². The van der Waals surface area contributed by atoms with Gasteiger partial charge in [0.1, 0.15) is 5.75 Å². The summed E-state index contributed by atoms with van der Waals surface area (Å²) in [6.45, 7) is 3.63. The summed E-state index contributed by atoms with van der Waals surface area (Å²) >= 11 is 1.27. The van der Waals surface area contributed by atoms with E-state index >= 15 is 0 Å². The fraction of sp³-hybridized carbons (Fsp3) is 0.278. The zero-order valence-electron chi connectivity index (χ0n) is 15.0. The summed E-state index contributed by atoms with van der Waals surface area (Å²) in [6, 6.07) is 3.11. The van der Waals surface area contributed by atoms with Crippen LogP contribution in [0.1, 0.15) is 18.9 Å². The first-order valence-corrected chi connectivity index (χ1v) is 9.27. The van der Waals surface area contributed by atoms with Crippen molar-refractivity contribution in [3.63, 3.8) is 0 Å². The first-order chi connectivity index (χ1) is 12.9. The van der Waals surface area contributed by atoms with Crippen LogP contribution in [0.2, 0.25) is 0 Å². The van der Waals surface area contributed by atoms with Crippen LogP contribution in [0.4, 0.5) is 14.6 Å². The summed E-state index contributed by atoms with van der Waals surface area (Å²) in [5.41, 5.74) is 0.667. The average molecular weight is 392 g/mol. The second-order valence-corrected chi connectivity index (χ2v) is 6.79. The highest BCUT2D eigenvalue weighted by Gasteiger charge is 2.19. The second-order valence-electron chi connectivity index (χ2n) is 5.89. The number of halogens is 2. The van der Waals surface area contributed by atoms with Gasteiger partial charge in [-0.25, -0.2) is 14.4 Å². The second kappa shape index (κ2) is 7.91. The molecule has 0 saturated heterocycles. The molecule has 0 saturated carbocycles. The summed E-state index contributed by atoms with van der Waals surface area (Å²) in [4.78, 5) is 20.3. The Labute approximate surface area is 158 Å². The minimum absolute atomic E-state index is 0.110. The van der Waals surface area contributed by atoms with Crippen molar-refractivity contribution in [2.45, 2.75) is 20.3 Å². The van der Waals surface area contributed by atoms with E-state index in [0.29, 0.717) is 16.5 Å². The van der Waals surface area contributed by atoms with Crippen LogP contribution < -0.4 is 15.0 Å². The van der Waals surface area contributed by atoms with Gasteiger partial charge in [0.25, 0.3) is 5.56 Å². The van der Waals surface area contributed by atoms with Gasteiger partial charge in [-0.05, 0) is 25.5 Å². The van der Waals surface area contributed by atoms with E-state index in [-0.39, 0.29) is 17.1 Å². The topological polar surface area (TPSA) is 69.0 Å². The van der Waals surface area contributed by atoms with E-state index in [4.69, 9.17) is 4.74 Å². The quantitative estimate of drug-likeness (QED) is 0.501. The van der Waals surface area contributed by atoms with Gasteiger partial charge >= 0.3 is 0 Å². The lowest BCUT2D eigenvalue weighted by atomic mass is 10.1. The number of rotatable bonds is 6. The normalized spacial score (nSPS) is 11.0. The summed E-state index contributed by atoms with van der Waals surface area (Å²) in [6.07, 6.45) is 3.20. The number of pyridine rings is 1. The van der Waals surface area contributed by atoms with Crippen molar-refractivity contribution in [1.29, 1.82) is 0 Å². The Kier molecular flexibility index (Phi) is 5.59. The first kappa shape index (κ1) is 19.1. The molecule has 0 unspecified atom stereocenters. The zero-order chi connectivity index (χ0) is 19.6. The molecule has 0 aliphatic rings. The van der Waals surface area contributed by atoms with E-state index < -0.39 is 17.4 Å². The molecule has 142 valence electrons. The fourth-order valence-electron chi connectivity index (χ4n) is 2.49. The third-order valence-corrected chi connectivity index (χ3v) is 4.87. The SMILES string of the molecule is CCCSNc1ncc(F)c(Oc2ccc3ncn(C)c(=O)c3c2C)c1F. The molecule has 1 N–H and O–H groups in total. The molecule has 2 aromatic heterocycles. The molecule has 0 amide bonds. The molecule has 3 aromatic rings. The molecule has 2 heterocycles. The molecule has 0 aliphatic carbocycles. The lowest BCUT2D eigenvalue weighted by Crippen LogP contribution is -2.18. The van der Waals surface area contributed by atoms with Crippen LogP contribution in [0, 0.1) is 18.6 Å². The number of hydrogen-bond donors (Lipinski definition) is 1. The highest BCUT2D eigenvalue weighted by Crippen LogP contribution is 2.34. The molecule has 1 aromatic carbocycles. The molecule has 3 rings (SSSR count). The van der Waals surface area contributed by atoms with E-state index in [2.05, 4.69) is 14.7 Å². The van der Waals surface area contributed by atoms with Crippen molar-refractivity contribution >= 4 is 28.7 Å². The van der Waals surface area contributed by atoms with Crippen molar-refractivity contribution in [2.24, 2.45) is 7.05 Å². The highest BCUT2D eigenvalue weighted by atomic mass is 32.2. The van der Waals surface area contributed by atoms with Crippen LogP contribution in [0.25, 0.3) is 10.9 Å². The van der Waals surface area contributed by atoms with Gasteiger partial charge in [0.05, 0.1) is 23.4 Å². The van der Waals surface area contributed by atoms with E-state index in [9.17, 15) is 13.6 Å². The third kappa shape index (κ3) is 3.73. The van der Waals surface area contributed by atoms with Gasteiger partial charge in [-0.3, -0.25) is 4.79 Å². The van der Waals surface area contributed by atoms with Crippen molar-refractivity contribution in [3.8, 4) is 11.5 Å². The average Bonchev–Trinajstić information content (AvgIpc) is 2.65. The Bertz CT molecular complexity index is 1060. The summed E-state index contributed by atoms with van der Waals surface area (Å²) in [5.74, 6) is -1.64. The van der Waals surface area contributed by atoms with Crippen molar-refractivity contribution < 1.29 is 13.5 Å². The van der Waals surface area contributed by atoms with Crippen molar-refractivity contribution in [1.82, 2.24) is 14.5 Å². The summed E-state index contributed by atoms with van der Waals surface area (Å²) in [5, 5.41) is 0.337. The minimum atomic E-state index is -0.933. The molecular formula is C18H18F2N4O2S. The Balaban J connectivity index is 2.02. The number of nitrogens with zero attached hydrogens (tertiary/aromatic N) is 3. The molecule has 0 radical (unpaired) electrons. The van der Waals surface area contributed by atoms with Crippen LogP contribution in [0.3, 0.4) is 0 Å². The summed E-state index contributed by atoms with van der Waals surface area (Å²) in [7, 11) is 1.58. The molecule has 0 aliphatic heterocycles. The number of anilines is 1. The highest BCUT2D eigenvalue weighted by molar-refractivity contribution is 8.00. The van der Waals surface area contributed by atoms with Crippen LogP contribution in [0.5, 0.6) is 11.5 Å². The van der Waals surface area contributed by atoms with Gasteiger partial charge in [0, 0.05) is 18.4 Å². The predicted molar refractivity (Wildman–Crippen MR) is 102 cm³/mol. The Hall–Kier alpha value is -2.68. The maximum atomic E-state index is 14.7. The van der Waals surface area contributed by atoms with Gasteiger partial charge in [0.15, 0.2) is 11.6 Å². The maximum Gasteiger partial charge on any atom is 0.261 e. The van der Waals surface area contributed by atoms with Gasteiger partial charge in [-0.1, -0.05) is 18.9 Å². The third-order valence-electron chi connectivity index (χ3n) is 3.92. The monoisotopic (exact) mass is 392 g/mol. The Morgan fingerprint density at radius 2 is 2.07 bits per heavy atom. The van der Waals surface area contributed by atoms with Gasteiger partial charge in [-0.2, -0.15) is 4.39 Å². The largest absolute Gasteiger partial charge is 0.451 e. The van der Waals surface area contributed by atoms with Gasteiger partial charge in [0.2, 0.25) is 11.6 Å². The van der Waals surface area contributed by atoms with E-state index in [0.717, 1.165) is 18.4 Å². The fourth-order valence-corrected chi connectivity index (χ4v) is 3.07. The summed E-state index contributed by atoms with van der Waals surface area (Å²) < 4.78 is 38.4. The standard InChI is InChI=1S/C18H18F2N4O2S/c1-4-7-27-23-17-15(20)16(11(19)8-21-17)26-13-6-5-12-14(10(13)2)18(25)24(3)9-22-12/h5-6,8-9H,4,7H2,1-3H3,(H,21,23). The number of fused-ring (bicyclic) bond motifs is 1. The molecule has 0 spiro atoms. The molecular weight excluding hydrogens is 374 g/mol. The first-order valence-electron chi connectivity index (χ1n) is 8.28. The number of nitrogens with one attached hydrogen (secondary N) is 1. The number of aryl methyl sites for hydroxylation is 2. The van der Waals surface area contributed by atoms with Gasteiger partial charge < -0.3 is 14.0 Å². The van der Waals surface area contributed by atoms with Crippen LogP contribution in [0.15, 0.2) is 29.5 Å². The lowest BCUT2D eigenvalue weighted by Gasteiger charge is -2.14. The smallest absolute Gasteiger partial charge is 0.261 e. The Morgan fingerprint density at radius 3 is 2.81 bits per heavy atom. The molecule has 0 bridgehead atoms. The van der Waals surface area contributed by atoms with Crippen LogP contribution >= 0.6 is 11.9 Å². The minimum Gasteiger partial charge on any atom is -0.451 e. The predicted octanol–water partition coefficient (Wildman–Crippen LogP) is 4.18. The molecule has 27 heavy (non-hydrogen) atoms. The molecule has 9 heteroatoms. The van der Waals surface area contributed by atoms with Crippen molar-refractivity contribution in [3.05, 3.63) is 52.2 Å². The van der Waals surface area contributed by atoms with Crippen molar-refractivity contribution in [2.75, 3.05) is 10.5 Å². The lowest BCUT2D eigenvalue weighted by molar-refractivity contribution is 0.404. The van der Waals surface area contributed by atoms with E-state index in [1.54, 1.807) is 20.0 Å². The molecule has 0 fully saturated rings. The zero-order valence-corrected chi connectivity index (χ0v) is 15.9. The number of benzene rings is 1. The van der Waals surface area contributed by atoms with Crippen LogP contribution in [-0.4, -0.2) is 20.3 Å². The van der Waals surface area contributed by atoms with E-state index in [1.165, 1.54) is 28.9 Å². The maximum absolute atomic E-state index is 14.7. The van der Waals surface area contributed by atoms with Crippen LogP contribution in [-0.2, 0) is 7.05 Å².